The molecule has 2 aromatic carbocycles. The third-order valence-electron chi connectivity index (χ3n) is 3.63. The van der Waals surface area contributed by atoms with Gasteiger partial charge in [-0.05, 0) is 49.7 Å². The fourth-order valence-electron chi connectivity index (χ4n) is 2.16. The number of amides is 1. The number of nitrogens with zero attached hydrogens (tertiary/aromatic N) is 1. The first-order valence-corrected chi connectivity index (χ1v) is 8.63. The molecule has 0 atom stereocenters. The predicted octanol–water partition coefficient (Wildman–Crippen LogP) is 3.09. The lowest BCUT2D eigenvalue weighted by Crippen LogP contribution is -2.22. The Morgan fingerprint density at radius 1 is 1.04 bits per heavy atom. The number of sulfonamides is 1. The number of rotatable bonds is 4. The topological polar surface area (TPSA) is 66.5 Å². The zero-order valence-corrected chi connectivity index (χ0v) is 14.4. The molecule has 2 aromatic rings. The first kappa shape index (κ1) is 17.0. The molecule has 1 amide bonds. The van der Waals surface area contributed by atoms with E-state index in [1.165, 1.54) is 24.0 Å². The number of nitrogens with one attached hydrogen (secondary N) is 1. The quantitative estimate of drug-likeness (QED) is 0.935. The Balaban J connectivity index is 2.27. The molecule has 0 bridgehead atoms. The van der Waals surface area contributed by atoms with Crippen LogP contribution in [0.25, 0.3) is 0 Å². The Kier molecular flexibility index (Phi) is 4.75. The number of aryl methyl sites for hydroxylation is 2. The molecule has 1 N–H and O–H groups in total. The van der Waals surface area contributed by atoms with Gasteiger partial charge >= 0.3 is 0 Å². The van der Waals surface area contributed by atoms with Crippen molar-refractivity contribution in [3.63, 3.8) is 0 Å². The van der Waals surface area contributed by atoms with Crippen molar-refractivity contribution in [2.24, 2.45) is 0 Å². The summed E-state index contributed by atoms with van der Waals surface area (Å²) in [7, 11) is -2.03. The summed E-state index contributed by atoms with van der Waals surface area (Å²) in [5, 5.41) is 0. The van der Waals surface area contributed by atoms with Crippen molar-refractivity contribution in [1.82, 2.24) is 0 Å². The molecule has 0 saturated heterocycles. The summed E-state index contributed by atoms with van der Waals surface area (Å²) >= 11 is 0. The molecule has 0 saturated carbocycles. The first-order chi connectivity index (χ1) is 10.7. The minimum atomic E-state index is -3.66. The molecule has 0 aromatic heterocycles. The molecule has 0 heterocycles. The summed E-state index contributed by atoms with van der Waals surface area (Å²) < 4.78 is 27.5. The standard InChI is InChI=1S/C17H20N2O3S/c1-12-5-10-17(13(2)11-12)18-23(21,22)16-8-6-15(7-9-16)19(4)14(3)20/h5-11,18H,1-4H3. The maximum Gasteiger partial charge on any atom is 0.261 e. The van der Waals surface area contributed by atoms with E-state index in [1.807, 2.05) is 26.0 Å². The van der Waals surface area contributed by atoms with E-state index in [-0.39, 0.29) is 10.8 Å². The second-order valence-electron chi connectivity index (χ2n) is 5.50. The molecule has 0 aliphatic rings. The number of hydrogen-bond donors (Lipinski definition) is 1. The van der Waals surface area contributed by atoms with Crippen molar-refractivity contribution in [2.75, 3.05) is 16.7 Å². The van der Waals surface area contributed by atoms with Crippen LogP contribution in [0.4, 0.5) is 11.4 Å². The average Bonchev–Trinajstić information content (AvgIpc) is 2.49. The van der Waals surface area contributed by atoms with Crippen molar-refractivity contribution < 1.29 is 13.2 Å². The van der Waals surface area contributed by atoms with Gasteiger partial charge in [0.15, 0.2) is 0 Å². The maximum absolute atomic E-state index is 12.5. The Morgan fingerprint density at radius 3 is 2.17 bits per heavy atom. The molecular weight excluding hydrogens is 312 g/mol. The van der Waals surface area contributed by atoms with Crippen molar-refractivity contribution in [1.29, 1.82) is 0 Å². The zero-order chi connectivity index (χ0) is 17.2. The second-order valence-corrected chi connectivity index (χ2v) is 7.18. The van der Waals surface area contributed by atoms with Crippen LogP contribution in [0.3, 0.4) is 0 Å². The van der Waals surface area contributed by atoms with Crippen LogP contribution in [0, 0.1) is 13.8 Å². The maximum atomic E-state index is 12.5. The van der Waals surface area contributed by atoms with Gasteiger partial charge in [-0.3, -0.25) is 9.52 Å². The molecule has 6 heteroatoms. The Labute approximate surface area is 137 Å². The van der Waals surface area contributed by atoms with Gasteiger partial charge in [-0.1, -0.05) is 17.7 Å². The van der Waals surface area contributed by atoms with Gasteiger partial charge in [0.05, 0.1) is 10.6 Å². The number of hydrogen-bond acceptors (Lipinski definition) is 3. The monoisotopic (exact) mass is 332 g/mol. The molecule has 2 rings (SSSR count). The van der Waals surface area contributed by atoms with Gasteiger partial charge in [-0.2, -0.15) is 0 Å². The van der Waals surface area contributed by atoms with Crippen LogP contribution in [0.2, 0.25) is 0 Å². The molecule has 0 fully saturated rings. The van der Waals surface area contributed by atoms with E-state index < -0.39 is 10.0 Å². The van der Waals surface area contributed by atoms with E-state index in [9.17, 15) is 13.2 Å². The number of anilines is 2. The average molecular weight is 332 g/mol. The first-order valence-electron chi connectivity index (χ1n) is 7.15. The molecule has 0 aliphatic heterocycles. The Bertz CT molecular complexity index is 827. The highest BCUT2D eigenvalue weighted by atomic mass is 32.2. The number of benzene rings is 2. The van der Waals surface area contributed by atoms with E-state index in [0.717, 1.165) is 11.1 Å². The lowest BCUT2D eigenvalue weighted by Gasteiger charge is -2.16. The molecule has 0 aliphatic carbocycles. The van der Waals surface area contributed by atoms with Crippen LogP contribution in [-0.2, 0) is 14.8 Å². The van der Waals surface area contributed by atoms with E-state index in [0.29, 0.717) is 11.4 Å². The van der Waals surface area contributed by atoms with Crippen LogP contribution < -0.4 is 9.62 Å². The van der Waals surface area contributed by atoms with Gasteiger partial charge in [0.2, 0.25) is 5.91 Å². The minimum Gasteiger partial charge on any atom is -0.316 e. The molecule has 23 heavy (non-hydrogen) atoms. The van der Waals surface area contributed by atoms with Gasteiger partial charge in [0.1, 0.15) is 0 Å². The third kappa shape index (κ3) is 3.90. The zero-order valence-electron chi connectivity index (χ0n) is 13.6. The van der Waals surface area contributed by atoms with Crippen molar-refractivity contribution in [3.8, 4) is 0 Å². The largest absolute Gasteiger partial charge is 0.316 e. The van der Waals surface area contributed by atoms with E-state index >= 15 is 0 Å². The highest BCUT2D eigenvalue weighted by Gasteiger charge is 2.16. The summed E-state index contributed by atoms with van der Waals surface area (Å²) in [5.41, 5.74) is 3.13. The molecule has 0 unspecified atom stereocenters. The summed E-state index contributed by atoms with van der Waals surface area (Å²) in [5.74, 6) is -0.117. The summed E-state index contributed by atoms with van der Waals surface area (Å²) in [6, 6.07) is 11.7. The summed E-state index contributed by atoms with van der Waals surface area (Å²) in [4.78, 5) is 12.9. The van der Waals surface area contributed by atoms with E-state index in [2.05, 4.69) is 4.72 Å². The van der Waals surface area contributed by atoms with Gasteiger partial charge in [-0.25, -0.2) is 8.42 Å². The minimum absolute atomic E-state index is 0.117. The smallest absolute Gasteiger partial charge is 0.261 e. The summed E-state index contributed by atoms with van der Waals surface area (Å²) in [6.45, 7) is 5.26. The van der Waals surface area contributed by atoms with Gasteiger partial charge in [0, 0.05) is 19.7 Å². The lowest BCUT2D eigenvalue weighted by molar-refractivity contribution is -0.116. The predicted molar refractivity (Wildman–Crippen MR) is 92.3 cm³/mol. The van der Waals surface area contributed by atoms with Gasteiger partial charge in [-0.15, -0.1) is 0 Å². The number of carbonyl (C=O) groups is 1. The van der Waals surface area contributed by atoms with Crippen molar-refractivity contribution in [2.45, 2.75) is 25.7 Å². The Hall–Kier alpha value is -2.34. The van der Waals surface area contributed by atoms with Crippen LogP contribution in [-0.4, -0.2) is 21.4 Å². The highest BCUT2D eigenvalue weighted by Crippen LogP contribution is 2.22. The van der Waals surface area contributed by atoms with Gasteiger partial charge < -0.3 is 4.90 Å². The van der Waals surface area contributed by atoms with Crippen LogP contribution in [0.5, 0.6) is 0 Å². The van der Waals surface area contributed by atoms with Crippen LogP contribution in [0.15, 0.2) is 47.4 Å². The second kappa shape index (κ2) is 6.42. The van der Waals surface area contributed by atoms with Crippen LogP contribution >= 0.6 is 0 Å². The molecule has 0 radical (unpaired) electrons. The number of carbonyl (C=O) groups excluding carboxylic acids is 1. The van der Waals surface area contributed by atoms with E-state index in [1.54, 1.807) is 25.2 Å². The fraction of sp³-hybridized carbons (Fsp3) is 0.235. The van der Waals surface area contributed by atoms with Crippen molar-refractivity contribution in [3.05, 3.63) is 53.6 Å². The third-order valence-corrected chi connectivity index (χ3v) is 5.01. The normalized spacial score (nSPS) is 11.1. The highest BCUT2D eigenvalue weighted by molar-refractivity contribution is 7.92. The van der Waals surface area contributed by atoms with Crippen molar-refractivity contribution >= 4 is 27.3 Å². The molecule has 122 valence electrons. The molecule has 0 spiro atoms. The van der Waals surface area contributed by atoms with Gasteiger partial charge in [0.25, 0.3) is 10.0 Å². The SMILES string of the molecule is CC(=O)N(C)c1ccc(S(=O)(=O)Nc2ccc(C)cc2C)cc1. The molecular formula is C17H20N2O3S. The summed E-state index contributed by atoms with van der Waals surface area (Å²) in [6.07, 6.45) is 0. The van der Waals surface area contributed by atoms with Crippen LogP contribution in [0.1, 0.15) is 18.1 Å². The fourth-order valence-corrected chi connectivity index (χ4v) is 3.29. The molecule has 5 nitrogen and oxygen atoms in total. The Morgan fingerprint density at radius 2 is 1.65 bits per heavy atom. The van der Waals surface area contributed by atoms with E-state index in [4.69, 9.17) is 0 Å². The lowest BCUT2D eigenvalue weighted by atomic mass is 10.1.